The first-order chi connectivity index (χ1) is 8.43. The van der Waals surface area contributed by atoms with Crippen molar-refractivity contribution in [2.75, 3.05) is 13.7 Å². The van der Waals surface area contributed by atoms with Gasteiger partial charge in [-0.2, -0.15) is 13.1 Å². The largest absolute Gasteiger partial charge is 0.497 e. The molecule has 0 unspecified atom stereocenters. The Labute approximate surface area is 109 Å². The molecule has 0 spiro atoms. The van der Waals surface area contributed by atoms with Gasteiger partial charge in [-0.1, -0.05) is 12.1 Å². The summed E-state index contributed by atoms with van der Waals surface area (Å²) in [5, 5.41) is 0. The van der Waals surface area contributed by atoms with Gasteiger partial charge in [-0.15, -0.1) is 0 Å². The lowest BCUT2D eigenvalue weighted by Crippen LogP contribution is -2.41. The topological polar surface area (TPSA) is 67.4 Å². The molecule has 102 valence electrons. The molecule has 1 aromatic rings. The van der Waals surface area contributed by atoms with Crippen molar-refractivity contribution < 1.29 is 13.2 Å². The second-order valence-electron chi connectivity index (χ2n) is 4.27. The Morgan fingerprint density at radius 3 is 2.67 bits per heavy atom. The Bertz CT molecular complexity index is 472. The Hall–Kier alpha value is -1.11. The molecule has 0 amide bonds. The van der Waals surface area contributed by atoms with Crippen LogP contribution < -0.4 is 14.2 Å². The zero-order chi connectivity index (χ0) is 13.6. The van der Waals surface area contributed by atoms with Crippen molar-refractivity contribution in [3.8, 4) is 5.75 Å². The van der Waals surface area contributed by atoms with Gasteiger partial charge in [0.25, 0.3) is 10.2 Å². The summed E-state index contributed by atoms with van der Waals surface area (Å²) in [5.41, 5.74) is 1.03. The molecular formula is C12H20N2O3S. The highest BCUT2D eigenvalue weighted by molar-refractivity contribution is 7.87. The molecule has 0 atom stereocenters. The number of benzene rings is 1. The van der Waals surface area contributed by atoms with Crippen LogP contribution in [0, 0.1) is 0 Å². The normalized spacial score (nSPS) is 11.8. The van der Waals surface area contributed by atoms with Crippen LogP contribution >= 0.6 is 0 Å². The Kier molecular flexibility index (Phi) is 5.58. The third-order valence-electron chi connectivity index (χ3n) is 2.23. The van der Waals surface area contributed by atoms with Crippen LogP contribution in [0.4, 0.5) is 0 Å². The minimum absolute atomic E-state index is 0.112. The molecule has 0 aliphatic carbocycles. The summed E-state index contributed by atoms with van der Waals surface area (Å²) in [7, 11) is -1.79. The maximum atomic E-state index is 11.5. The van der Waals surface area contributed by atoms with E-state index in [2.05, 4.69) is 9.44 Å². The van der Waals surface area contributed by atoms with Gasteiger partial charge in [0.1, 0.15) is 5.75 Å². The van der Waals surface area contributed by atoms with Crippen LogP contribution in [0.15, 0.2) is 24.3 Å². The summed E-state index contributed by atoms with van der Waals surface area (Å²) in [5.74, 6) is 0.774. The molecular weight excluding hydrogens is 252 g/mol. The highest BCUT2D eigenvalue weighted by Crippen LogP contribution is 2.12. The van der Waals surface area contributed by atoms with Crippen molar-refractivity contribution in [3.05, 3.63) is 29.8 Å². The number of ether oxygens (including phenoxy) is 1. The van der Waals surface area contributed by atoms with Gasteiger partial charge >= 0.3 is 0 Å². The molecule has 0 saturated heterocycles. The third kappa shape index (κ3) is 5.48. The van der Waals surface area contributed by atoms with Crippen LogP contribution in [0.1, 0.15) is 19.4 Å². The van der Waals surface area contributed by atoms with Gasteiger partial charge in [0.15, 0.2) is 0 Å². The second-order valence-corrected chi connectivity index (χ2v) is 5.80. The summed E-state index contributed by atoms with van der Waals surface area (Å²) in [6.07, 6.45) is 0.621. The van der Waals surface area contributed by atoms with E-state index in [1.807, 2.05) is 24.3 Å². The lowest BCUT2D eigenvalue weighted by atomic mass is 10.1. The SMILES string of the molecule is COc1cccc(CCNS(=O)(=O)NC(C)C)c1. The van der Waals surface area contributed by atoms with Gasteiger partial charge in [0, 0.05) is 12.6 Å². The fourth-order valence-corrected chi connectivity index (χ4v) is 2.58. The monoisotopic (exact) mass is 272 g/mol. The first kappa shape index (κ1) is 14.9. The molecule has 0 saturated carbocycles. The predicted molar refractivity (Wildman–Crippen MR) is 71.9 cm³/mol. The standard InChI is InChI=1S/C12H20N2O3S/c1-10(2)14-18(15,16)13-8-7-11-5-4-6-12(9-11)17-3/h4-6,9-10,13-14H,7-8H2,1-3H3. The number of nitrogens with one attached hydrogen (secondary N) is 2. The average molecular weight is 272 g/mol. The van der Waals surface area contributed by atoms with Gasteiger partial charge in [-0.25, -0.2) is 4.72 Å². The van der Waals surface area contributed by atoms with Crippen molar-refractivity contribution in [3.63, 3.8) is 0 Å². The first-order valence-electron chi connectivity index (χ1n) is 5.83. The highest BCUT2D eigenvalue weighted by atomic mass is 32.2. The summed E-state index contributed by atoms with van der Waals surface area (Å²) in [4.78, 5) is 0. The van der Waals surface area contributed by atoms with Crippen LogP contribution in [-0.4, -0.2) is 28.1 Å². The molecule has 2 N–H and O–H groups in total. The zero-order valence-electron chi connectivity index (χ0n) is 10.9. The van der Waals surface area contributed by atoms with Gasteiger partial charge in [-0.05, 0) is 38.0 Å². The van der Waals surface area contributed by atoms with Crippen molar-refractivity contribution in [1.82, 2.24) is 9.44 Å². The lowest BCUT2D eigenvalue weighted by molar-refractivity contribution is 0.414. The van der Waals surface area contributed by atoms with Crippen LogP contribution in [0.25, 0.3) is 0 Å². The molecule has 0 aromatic heterocycles. The Morgan fingerprint density at radius 2 is 2.06 bits per heavy atom. The smallest absolute Gasteiger partial charge is 0.277 e. The van der Waals surface area contributed by atoms with E-state index in [0.29, 0.717) is 13.0 Å². The van der Waals surface area contributed by atoms with E-state index in [1.165, 1.54) is 0 Å². The molecule has 1 rings (SSSR count). The van der Waals surface area contributed by atoms with Crippen LogP contribution in [0.5, 0.6) is 5.75 Å². The van der Waals surface area contributed by atoms with E-state index in [1.54, 1.807) is 21.0 Å². The molecule has 0 heterocycles. The summed E-state index contributed by atoms with van der Waals surface area (Å²) >= 11 is 0. The molecule has 0 aliphatic heterocycles. The maximum absolute atomic E-state index is 11.5. The van der Waals surface area contributed by atoms with E-state index >= 15 is 0 Å². The molecule has 0 fully saturated rings. The first-order valence-corrected chi connectivity index (χ1v) is 7.31. The van der Waals surface area contributed by atoms with Gasteiger partial charge in [0.2, 0.25) is 0 Å². The number of hydrogen-bond acceptors (Lipinski definition) is 3. The van der Waals surface area contributed by atoms with Crippen LogP contribution in [0.3, 0.4) is 0 Å². The van der Waals surface area contributed by atoms with Gasteiger partial charge in [-0.3, -0.25) is 0 Å². The van der Waals surface area contributed by atoms with Crippen LogP contribution in [0.2, 0.25) is 0 Å². The molecule has 0 aliphatic rings. The van der Waals surface area contributed by atoms with Gasteiger partial charge < -0.3 is 4.74 Å². The molecule has 0 radical (unpaired) electrons. The zero-order valence-corrected chi connectivity index (χ0v) is 11.8. The van der Waals surface area contributed by atoms with E-state index < -0.39 is 10.2 Å². The minimum Gasteiger partial charge on any atom is -0.497 e. The van der Waals surface area contributed by atoms with Crippen molar-refractivity contribution in [2.45, 2.75) is 26.3 Å². The number of methoxy groups -OCH3 is 1. The van der Waals surface area contributed by atoms with E-state index in [0.717, 1.165) is 11.3 Å². The molecule has 6 heteroatoms. The van der Waals surface area contributed by atoms with Gasteiger partial charge in [0.05, 0.1) is 7.11 Å². The summed E-state index contributed by atoms with van der Waals surface area (Å²) in [6.45, 7) is 3.91. The molecule has 18 heavy (non-hydrogen) atoms. The number of hydrogen-bond donors (Lipinski definition) is 2. The quantitative estimate of drug-likeness (QED) is 0.780. The molecule has 0 bridgehead atoms. The van der Waals surface area contributed by atoms with E-state index in [9.17, 15) is 8.42 Å². The Morgan fingerprint density at radius 1 is 1.33 bits per heavy atom. The second kappa shape index (κ2) is 6.72. The van der Waals surface area contributed by atoms with E-state index in [-0.39, 0.29) is 6.04 Å². The third-order valence-corrected chi connectivity index (χ3v) is 3.60. The summed E-state index contributed by atoms with van der Waals surface area (Å²) in [6, 6.07) is 7.46. The van der Waals surface area contributed by atoms with Crippen molar-refractivity contribution in [1.29, 1.82) is 0 Å². The molecule has 1 aromatic carbocycles. The number of rotatable bonds is 7. The maximum Gasteiger partial charge on any atom is 0.277 e. The van der Waals surface area contributed by atoms with Crippen molar-refractivity contribution >= 4 is 10.2 Å². The fraction of sp³-hybridized carbons (Fsp3) is 0.500. The Balaban J connectivity index is 2.46. The predicted octanol–water partition coefficient (Wildman–Crippen LogP) is 1.07. The summed E-state index contributed by atoms with van der Waals surface area (Å²) < 4.78 is 33.1. The molecule has 5 nitrogen and oxygen atoms in total. The minimum atomic E-state index is -3.40. The highest BCUT2D eigenvalue weighted by Gasteiger charge is 2.09. The lowest BCUT2D eigenvalue weighted by Gasteiger charge is -2.10. The van der Waals surface area contributed by atoms with Crippen LogP contribution in [-0.2, 0) is 16.6 Å². The average Bonchev–Trinajstić information content (AvgIpc) is 2.27. The van der Waals surface area contributed by atoms with Crippen molar-refractivity contribution in [2.24, 2.45) is 0 Å². The van der Waals surface area contributed by atoms with E-state index in [4.69, 9.17) is 4.74 Å². The fourth-order valence-electron chi connectivity index (χ4n) is 1.51.